The number of Topliss-reactive ketones (excluding diaryl/α,β-unsaturated/α-hetero) is 1. The second-order valence-electron chi connectivity index (χ2n) is 6.32. The van der Waals surface area contributed by atoms with Gasteiger partial charge in [-0.1, -0.05) is 66.7 Å². The van der Waals surface area contributed by atoms with Gasteiger partial charge in [-0.3, -0.25) is 4.79 Å². The van der Waals surface area contributed by atoms with E-state index >= 15 is 0 Å². The molecule has 1 heterocycles. The highest BCUT2D eigenvalue weighted by molar-refractivity contribution is 6.14. The predicted molar refractivity (Wildman–Crippen MR) is 99.7 cm³/mol. The summed E-state index contributed by atoms with van der Waals surface area (Å²) in [6.45, 7) is 0. The Balaban J connectivity index is 1.92. The molecule has 0 saturated carbocycles. The Hall–Kier alpha value is -3.40. The molecule has 3 aromatic rings. The van der Waals surface area contributed by atoms with Crippen molar-refractivity contribution in [2.75, 3.05) is 5.32 Å². The van der Waals surface area contributed by atoms with Crippen molar-refractivity contribution in [2.24, 2.45) is 0 Å². The van der Waals surface area contributed by atoms with E-state index in [4.69, 9.17) is 0 Å². The third-order valence-corrected chi connectivity index (χ3v) is 4.79. The van der Waals surface area contributed by atoms with E-state index in [0.717, 1.165) is 11.1 Å². The summed E-state index contributed by atoms with van der Waals surface area (Å²) in [6.07, 6.45) is 0. The zero-order chi connectivity index (χ0) is 18.1. The fourth-order valence-corrected chi connectivity index (χ4v) is 3.61. The van der Waals surface area contributed by atoms with Gasteiger partial charge in [-0.2, -0.15) is 0 Å². The number of carboxylic acid groups (broad SMARTS) is 1. The van der Waals surface area contributed by atoms with Gasteiger partial charge in [0.15, 0.2) is 5.78 Å². The van der Waals surface area contributed by atoms with Crippen LogP contribution in [0.25, 0.3) is 0 Å². The van der Waals surface area contributed by atoms with Gasteiger partial charge in [-0.15, -0.1) is 0 Å². The molecule has 4 heteroatoms. The van der Waals surface area contributed by atoms with E-state index in [9.17, 15) is 14.7 Å². The Bertz CT molecular complexity index is 967. The van der Waals surface area contributed by atoms with E-state index in [1.165, 1.54) is 6.07 Å². The molecule has 1 aliphatic heterocycles. The Kier molecular flexibility index (Phi) is 4.01. The van der Waals surface area contributed by atoms with Crippen molar-refractivity contribution in [2.45, 2.75) is 12.0 Å². The summed E-state index contributed by atoms with van der Waals surface area (Å²) in [6, 6.07) is 23.9. The summed E-state index contributed by atoms with van der Waals surface area (Å²) >= 11 is 0. The van der Waals surface area contributed by atoms with Crippen molar-refractivity contribution in [1.82, 2.24) is 0 Å². The first-order valence-electron chi connectivity index (χ1n) is 8.44. The van der Waals surface area contributed by atoms with Crippen LogP contribution in [0.4, 0.5) is 5.69 Å². The Morgan fingerprint density at radius 3 is 2.04 bits per heavy atom. The third kappa shape index (κ3) is 2.65. The lowest BCUT2D eigenvalue weighted by molar-refractivity contribution is 0.0690. The molecule has 1 aliphatic rings. The average molecular weight is 343 g/mol. The smallest absolute Gasteiger partial charge is 0.336 e. The van der Waals surface area contributed by atoms with Crippen LogP contribution in [0.15, 0.2) is 78.9 Å². The molecule has 0 saturated heterocycles. The number of ketones is 1. The number of hydrogen-bond acceptors (Lipinski definition) is 3. The quantitative estimate of drug-likeness (QED) is 0.734. The maximum absolute atomic E-state index is 13.4. The van der Waals surface area contributed by atoms with Crippen LogP contribution in [-0.2, 0) is 0 Å². The molecule has 0 bridgehead atoms. The molecule has 4 rings (SSSR count). The van der Waals surface area contributed by atoms with Crippen LogP contribution >= 0.6 is 0 Å². The number of anilines is 1. The number of benzene rings is 3. The van der Waals surface area contributed by atoms with Gasteiger partial charge in [0.25, 0.3) is 0 Å². The molecule has 2 atom stereocenters. The zero-order valence-corrected chi connectivity index (χ0v) is 13.9. The minimum absolute atomic E-state index is 0.0347. The van der Waals surface area contributed by atoms with Crippen molar-refractivity contribution in [3.63, 3.8) is 0 Å². The molecule has 128 valence electrons. The molecule has 0 aliphatic carbocycles. The van der Waals surface area contributed by atoms with Gasteiger partial charge in [0.1, 0.15) is 0 Å². The van der Waals surface area contributed by atoms with E-state index in [1.807, 2.05) is 60.7 Å². The van der Waals surface area contributed by atoms with Crippen LogP contribution < -0.4 is 5.32 Å². The lowest BCUT2D eigenvalue weighted by Gasteiger charge is -2.35. The van der Waals surface area contributed by atoms with Crippen LogP contribution in [0.2, 0.25) is 0 Å². The van der Waals surface area contributed by atoms with Gasteiger partial charge in [-0.25, -0.2) is 4.79 Å². The molecule has 0 fully saturated rings. The Labute approximate surface area is 151 Å². The van der Waals surface area contributed by atoms with Crippen LogP contribution in [0.1, 0.15) is 43.8 Å². The maximum Gasteiger partial charge on any atom is 0.336 e. The van der Waals surface area contributed by atoms with E-state index in [2.05, 4.69) is 5.32 Å². The third-order valence-electron chi connectivity index (χ3n) is 4.79. The molecule has 26 heavy (non-hydrogen) atoms. The summed E-state index contributed by atoms with van der Waals surface area (Å²) in [7, 11) is 0. The topological polar surface area (TPSA) is 66.4 Å². The highest BCUT2D eigenvalue weighted by Crippen LogP contribution is 2.43. The summed E-state index contributed by atoms with van der Waals surface area (Å²) in [4.78, 5) is 25.1. The number of rotatable bonds is 3. The summed E-state index contributed by atoms with van der Waals surface area (Å²) < 4.78 is 0. The molecule has 0 radical (unpaired) electrons. The van der Waals surface area contributed by atoms with Gasteiger partial charge in [0.05, 0.1) is 23.1 Å². The standard InChI is InChI=1S/C22H17NO3/c24-21-18(14-8-3-1-4-9-14)20(15-10-5-2-6-11-15)23-17-13-7-12-16(19(17)21)22(25)26/h1-13,18,20,23H,(H,25,26). The second kappa shape index (κ2) is 6.48. The van der Waals surface area contributed by atoms with E-state index < -0.39 is 11.9 Å². The average Bonchev–Trinajstić information content (AvgIpc) is 2.68. The molecule has 4 nitrogen and oxygen atoms in total. The number of carboxylic acids is 1. The Morgan fingerprint density at radius 2 is 1.42 bits per heavy atom. The van der Waals surface area contributed by atoms with E-state index in [-0.39, 0.29) is 23.0 Å². The van der Waals surface area contributed by atoms with Gasteiger partial charge in [-0.05, 0) is 23.3 Å². The molecule has 2 N–H and O–H groups in total. The molecule has 2 unspecified atom stereocenters. The van der Waals surface area contributed by atoms with Crippen LogP contribution in [0, 0.1) is 0 Å². The summed E-state index contributed by atoms with van der Waals surface area (Å²) in [5.74, 6) is -1.76. The minimum atomic E-state index is -1.10. The van der Waals surface area contributed by atoms with Gasteiger partial charge < -0.3 is 10.4 Å². The maximum atomic E-state index is 13.4. The molecule has 3 aromatic carbocycles. The second-order valence-corrected chi connectivity index (χ2v) is 6.32. The predicted octanol–water partition coefficient (Wildman–Crippen LogP) is 4.52. The number of hydrogen-bond donors (Lipinski definition) is 2. The molecular weight excluding hydrogens is 326 g/mol. The monoisotopic (exact) mass is 343 g/mol. The summed E-state index contributed by atoms with van der Waals surface area (Å²) in [5.41, 5.74) is 2.70. The number of fused-ring (bicyclic) bond motifs is 1. The van der Waals surface area contributed by atoms with Crippen LogP contribution in [0.5, 0.6) is 0 Å². The van der Waals surface area contributed by atoms with Crippen molar-refractivity contribution in [3.05, 3.63) is 101 Å². The fourth-order valence-electron chi connectivity index (χ4n) is 3.61. The zero-order valence-electron chi connectivity index (χ0n) is 13.9. The van der Waals surface area contributed by atoms with Crippen molar-refractivity contribution < 1.29 is 14.7 Å². The number of nitrogens with one attached hydrogen (secondary N) is 1. The molecule has 0 amide bonds. The largest absolute Gasteiger partial charge is 0.478 e. The first kappa shape index (κ1) is 16.1. The van der Waals surface area contributed by atoms with Gasteiger partial charge in [0, 0.05) is 5.69 Å². The molecule has 0 aromatic heterocycles. The first-order chi connectivity index (χ1) is 12.7. The van der Waals surface area contributed by atoms with Gasteiger partial charge >= 0.3 is 5.97 Å². The minimum Gasteiger partial charge on any atom is -0.478 e. The number of aromatic carboxylic acids is 1. The lowest BCUT2D eigenvalue weighted by atomic mass is 9.77. The number of carbonyl (C=O) groups is 2. The normalized spacial score (nSPS) is 18.7. The summed E-state index contributed by atoms with van der Waals surface area (Å²) in [5, 5.41) is 12.9. The van der Waals surface area contributed by atoms with Crippen molar-refractivity contribution >= 4 is 17.4 Å². The highest BCUT2D eigenvalue weighted by Gasteiger charge is 2.39. The first-order valence-corrected chi connectivity index (χ1v) is 8.44. The van der Waals surface area contributed by atoms with Crippen LogP contribution in [0.3, 0.4) is 0 Å². The van der Waals surface area contributed by atoms with Gasteiger partial charge in [0.2, 0.25) is 0 Å². The van der Waals surface area contributed by atoms with Crippen LogP contribution in [-0.4, -0.2) is 16.9 Å². The van der Waals surface area contributed by atoms with E-state index in [1.54, 1.807) is 12.1 Å². The van der Waals surface area contributed by atoms with E-state index in [0.29, 0.717) is 5.69 Å². The molecular formula is C22H17NO3. The lowest BCUT2D eigenvalue weighted by Crippen LogP contribution is -2.33. The van der Waals surface area contributed by atoms with Crippen molar-refractivity contribution in [3.8, 4) is 0 Å². The van der Waals surface area contributed by atoms with Crippen molar-refractivity contribution in [1.29, 1.82) is 0 Å². The molecule has 0 spiro atoms. The Morgan fingerprint density at radius 1 is 0.808 bits per heavy atom. The number of carbonyl (C=O) groups excluding carboxylic acids is 1. The fraction of sp³-hybridized carbons (Fsp3) is 0.0909. The highest BCUT2D eigenvalue weighted by atomic mass is 16.4. The SMILES string of the molecule is O=C(O)c1cccc2c1C(=O)C(c1ccccc1)C(c1ccccc1)N2.